The van der Waals surface area contributed by atoms with Crippen LogP contribution in [-0.4, -0.2) is 25.0 Å². The Morgan fingerprint density at radius 3 is 2.65 bits per heavy atom. The second-order valence-electron chi connectivity index (χ2n) is 6.78. The van der Waals surface area contributed by atoms with E-state index < -0.39 is 0 Å². The number of hydrogen-bond donors (Lipinski definition) is 1. The molecule has 138 valence electrons. The number of nitrogens with one attached hydrogen (secondary N) is 1. The maximum Gasteiger partial charge on any atom is 0.220 e. The van der Waals surface area contributed by atoms with E-state index >= 15 is 0 Å². The molecule has 1 N–H and O–H groups in total. The van der Waals surface area contributed by atoms with E-state index in [1.807, 2.05) is 6.07 Å². The van der Waals surface area contributed by atoms with Gasteiger partial charge in [-0.15, -0.1) is 0 Å². The predicted octanol–water partition coefficient (Wildman–Crippen LogP) is 4.88. The SMILES string of the molecule is C[C@@H]1Cc2ccccc2N1CCCNC(=O)CCc1c(Cl)cccc1Cl. The number of fused-ring (bicyclic) bond motifs is 1. The Morgan fingerprint density at radius 2 is 1.88 bits per heavy atom. The van der Waals surface area contributed by atoms with Crippen molar-refractivity contribution in [1.82, 2.24) is 5.32 Å². The van der Waals surface area contributed by atoms with Crippen LogP contribution in [0.2, 0.25) is 10.0 Å². The summed E-state index contributed by atoms with van der Waals surface area (Å²) in [7, 11) is 0. The van der Waals surface area contributed by atoms with Gasteiger partial charge >= 0.3 is 0 Å². The van der Waals surface area contributed by atoms with Crippen LogP contribution in [0.15, 0.2) is 42.5 Å². The fourth-order valence-corrected chi connectivity index (χ4v) is 4.13. The van der Waals surface area contributed by atoms with Crippen LogP contribution >= 0.6 is 23.2 Å². The second-order valence-corrected chi connectivity index (χ2v) is 7.59. The molecule has 5 heteroatoms. The minimum Gasteiger partial charge on any atom is -0.368 e. The van der Waals surface area contributed by atoms with Gasteiger partial charge in [0.25, 0.3) is 0 Å². The van der Waals surface area contributed by atoms with Gasteiger partial charge in [-0.05, 0) is 55.5 Å². The standard InChI is InChI=1S/C21H24Cl2N2O/c1-15-14-16-6-2-3-9-20(16)25(15)13-5-12-24-21(26)11-10-17-18(22)7-4-8-19(17)23/h2-4,6-9,15H,5,10-14H2,1H3,(H,24,26)/t15-/m1/s1. The van der Waals surface area contributed by atoms with E-state index in [1.54, 1.807) is 12.1 Å². The molecule has 0 radical (unpaired) electrons. The van der Waals surface area contributed by atoms with Crippen LogP contribution in [-0.2, 0) is 17.6 Å². The first kappa shape index (κ1) is 19.1. The minimum atomic E-state index is 0.0378. The first-order valence-corrected chi connectivity index (χ1v) is 9.86. The Labute approximate surface area is 165 Å². The highest BCUT2D eigenvalue weighted by molar-refractivity contribution is 6.36. The Bertz CT molecular complexity index is 758. The number of anilines is 1. The van der Waals surface area contributed by atoms with Gasteiger partial charge in [-0.1, -0.05) is 47.5 Å². The molecule has 0 saturated heterocycles. The summed E-state index contributed by atoms with van der Waals surface area (Å²) in [6.45, 7) is 3.89. The van der Waals surface area contributed by atoms with Crippen molar-refractivity contribution in [3.05, 3.63) is 63.6 Å². The maximum absolute atomic E-state index is 12.1. The summed E-state index contributed by atoms with van der Waals surface area (Å²) in [5, 5.41) is 4.24. The molecule has 0 fully saturated rings. The van der Waals surface area contributed by atoms with Crippen molar-refractivity contribution < 1.29 is 4.79 Å². The van der Waals surface area contributed by atoms with Crippen LogP contribution in [0.3, 0.4) is 0 Å². The number of rotatable bonds is 7. The predicted molar refractivity (Wildman–Crippen MR) is 109 cm³/mol. The quantitative estimate of drug-likeness (QED) is 0.682. The Balaban J connectivity index is 1.41. The van der Waals surface area contributed by atoms with Gasteiger partial charge in [0.15, 0.2) is 0 Å². The summed E-state index contributed by atoms with van der Waals surface area (Å²) in [5.41, 5.74) is 3.59. The molecule has 1 aliphatic rings. The molecule has 1 aliphatic heterocycles. The highest BCUT2D eigenvalue weighted by Crippen LogP contribution is 2.31. The lowest BCUT2D eigenvalue weighted by molar-refractivity contribution is -0.121. The number of halogens is 2. The summed E-state index contributed by atoms with van der Waals surface area (Å²) in [6.07, 6.45) is 2.98. The van der Waals surface area contributed by atoms with Crippen LogP contribution in [0.25, 0.3) is 0 Å². The molecule has 0 spiro atoms. The molecule has 26 heavy (non-hydrogen) atoms. The van der Waals surface area contributed by atoms with Gasteiger partial charge in [0.1, 0.15) is 0 Å². The number of carbonyl (C=O) groups is 1. The van der Waals surface area contributed by atoms with Crippen molar-refractivity contribution in [2.24, 2.45) is 0 Å². The average molecular weight is 391 g/mol. The van der Waals surface area contributed by atoms with Crippen LogP contribution in [0.4, 0.5) is 5.69 Å². The van der Waals surface area contributed by atoms with E-state index in [1.165, 1.54) is 11.3 Å². The highest BCUT2D eigenvalue weighted by Gasteiger charge is 2.24. The zero-order valence-electron chi connectivity index (χ0n) is 15.0. The molecule has 0 aromatic heterocycles. The zero-order valence-corrected chi connectivity index (χ0v) is 16.5. The molecule has 0 aliphatic carbocycles. The average Bonchev–Trinajstić information content (AvgIpc) is 2.93. The Morgan fingerprint density at radius 1 is 1.15 bits per heavy atom. The van der Waals surface area contributed by atoms with Gasteiger partial charge in [0, 0.05) is 41.3 Å². The summed E-state index contributed by atoms with van der Waals surface area (Å²) in [6, 6.07) is 14.5. The molecule has 3 rings (SSSR count). The molecular formula is C21H24Cl2N2O. The fraction of sp³-hybridized carbons (Fsp3) is 0.381. The fourth-order valence-electron chi connectivity index (χ4n) is 3.55. The summed E-state index contributed by atoms with van der Waals surface area (Å²) in [5.74, 6) is 0.0378. The van der Waals surface area contributed by atoms with Gasteiger partial charge < -0.3 is 10.2 Å². The second kappa shape index (κ2) is 8.79. The molecule has 1 amide bonds. The molecule has 0 bridgehead atoms. The maximum atomic E-state index is 12.1. The van der Waals surface area contributed by atoms with Crippen LogP contribution in [0.1, 0.15) is 30.9 Å². The molecule has 0 saturated carbocycles. The Hall–Kier alpha value is -1.71. The van der Waals surface area contributed by atoms with Crippen molar-refractivity contribution >= 4 is 34.8 Å². The number of nitrogens with zero attached hydrogens (tertiary/aromatic N) is 1. The number of benzene rings is 2. The number of amides is 1. The monoisotopic (exact) mass is 390 g/mol. The smallest absolute Gasteiger partial charge is 0.220 e. The molecule has 3 nitrogen and oxygen atoms in total. The van der Waals surface area contributed by atoms with Gasteiger partial charge in [-0.3, -0.25) is 4.79 Å². The van der Waals surface area contributed by atoms with Crippen molar-refractivity contribution in [2.75, 3.05) is 18.0 Å². The van der Waals surface area contributed by atoms with Gasteiger partial charge in [0.2, 0.25) is 5.91 Å². The highest BCUT2D eigenvalue weighted by atomic mass is 35.5. The zero-order chi connectivity index (χ0) is 18.5. The third-order valence-electron chi connectivity index (χ3n) is 4.91. The summed E-state index contributed by atoms with van der Waals surface area (Å²) < 4.78 is 0. The van der Waals surface area contributed by atoms with Gasteiger partial charge in [-0.2, -0.15) is 0 Å². The van der Waals surface area contributed by atoms with E-state index in [9.17, 15) is 4.79 Å². The third-order valence-corrected chi connectivity index (χ3v) is 5.62. The number of hydrogen-bond acceptors (Lipinski definition) is 2. The Kier molecular flexibility index (Phi) is 6.44. The van der Waals surface area contributed by atoms with Gasteiger partial charge in [-0.25, -0.2) is 0 Å². The van der Waals surface area contributed by atoms with E-state index in [4.69, 9.17) is 23.2 Å². The molecule has 1 atom stereocenters. The van der Waals surface area contributed by atoms with Crippen molar-refractivity contribution in [2.45, 2.75) is 38.6 Å². The first-order chi connectivity index (χ1) is 12.6. The van der Waals surface area contributed by atoms with E-state index in [-0.39, 0.29) is 5.91 Å². The van der Waals surface area contributed by atoms with Crippen molar-refractivity contribution in [1.29, 1.82) is 0 Å². The number of carbonyl (C=O) groups excluding carboxylic acids is 1. The first-order valence-electron chi connectivity index (χ1n) is 9.10. The minimum absolute atomic E-state index is 0.0378. The largest absolute Gasteiger partial charge is 0.368 e. The molecule has 0 unspecified atom stereocenters. The lowest BCUT2D eigenvalue weighted by Crippen LogP contribution is -2.33. The van der Waals surface area contributed by atoms with Gasteiger partial charge in [0.05, 0.1) is 0 Å². The summed E-state index contributed by atoms with van der Waals surface area (Å²) in [4.78, 5) is 14.5. The van der Waals surface area contributed by atoms with E-state index in [2.05, 4.69) is 41.4 Å². The van der Waals surface area contributed by atoms with Crippen molar-refractivity contribution in [3.63, 3.8) is 0 Å². The van der Waals surface area contributed by atoms with Crippen LogP contribution in [0.5, 0.6) is 0 Å². The molecule has 2 aromatic rings. The normalized spacial score (nSPS) is 15.8. The third kappa shape index (κ3) is 4.52. The lowest BCUT2D eigenvalue weighted by atomic mass is 10.1. The lowest BCUT2D eigenvalue weighted by Gasteiger charge is -2.24. The van der Waals surface area contributed by atoms with Crippen molar-refractivity contribution in [3.8, 4) is 0 Å². The molecular weight excluding hydrogens is 367 g/mol. The van der Waals surface area contributed by atoms with E-state index in [0.717, 1.165) is 24.9 Å². The van der Waals surface area contributed by atoms with Crippen LogP contribution < -0.4 is 10.2 Å². The number of para-hydroxylation sites is 1. The molecule has 2 aromatic carbocycles. The van der Waals surface area contributed by atoms with E-state index in [0.29, 0.717) is 35.5 Å². The topological polar surface area (TPSA) is 32.3 Å². The van der Waals surface area contributed by atoms with Crippen LogP contribution in [0, 0.1) is 0 Å². The summed E-state index contributed by atoms with van der Waals surface area (Å²) >= 11 is 12.3. The molecule has 1 heterocycles.